The predicted molar refractivity (Wildman–Crippen MR) is 105 cm³/mol. The molecule has 2 aromatic rings. The van der Waals surface area contributed by atoms with E-state index in [0.717, 1.165) is 12.1 Å². The van der Waals surface area contributed by atoms with Gasteiger partial charge in [-0.2, -0.15) is 13.2 Å². The van der Waals surface area contributed by atoms with E-state index >= 15 is 0 Å². The van der Waals surface area contributed by atoms with Crippen molar-refractivity contribution in [3.05, 3.63) is 59.1 Å². The van der Waals surface area contributed by atoms with Crippen molar-refractivity contribution in [3.63, 3.8) is 0 Å². The Kier molecular flexibility index (Phi) is 6.14. The maximum atomic E-state index is 12.8. The largest absolute Gasteiger partial charge is 0.416 e. The zero-order valence-electron chi connectivity index (χ0n) is 15.5. The van der Waals surface area contributed by atoms with Gasteiger partial charge in [0.05, 0.1) is 28.9 Å². The van der Waals surface area contributed by atoms with E-state index in [2.05, 4.69) is 5.32 Å². The molecule has 1 unspecified atom stereocenters. The molecule has 0 aliphatic carbocycles. The summed E-state index contributed by atoms with van der Waals surface area (Å²) < 4.78 is 37.8. The van der Waals surface area contributed by atoms with Gasteiger partial charge in [-0.25, -0.2) is 0 Å². The fourth-order valence-electron chi connectivity index (χ4n) is 3.26. The van der Waals surface area contributed by atoms with Crippen molar-refractivity contribution >= 4 is 34.8 Å². The van der Waals surface area contributed by atoms with Crippen LogP contribution in [0.3, 0.4) is 0 Å². The van der Waals surface area contributed by atoms with E-state index in [9.17, 15) is 22.8 Å². The van der Waals surface area contributed by atoms with Gasteiger partial charge in [0.15, 0.2) is 0 Å². The maximum absolute atomic E-state index is 12.8. The second kappa shape index (κ2) is 8.42. The van der Waals surface area contributed by atoms with Gasteiger partial charge in [-0.05, 0) is 49.9 Å². The number of likely N-dealkylation sites (N-methyl/N-ethyl adjacent to an activating group) is 1. The first-order chi connectivity index (χ1) is 13.7. The molecule has 2 aromatic carbocycles. The van der Waals surface area contributed by atoms with Crippen LogP contribution >= 0.6 is 11.6 Å². The fourth-order valence-corrected chi connectivity index (χ4v) is 3.50. The average Bonchev–Trinajstić information content (AvgIpc) is 3.03. The highest BCUT2D eigenvalue weighted by atomic mass is 35.5. The quantitative estimate of drug-likeness (QED) is 0.786. The first kappa shape index (κ1) is 21.1. The van der Waals surface area contributed by atoms with E-state index in [1.807, 2.05) is 0 Å². The summed E-state index contributed by atoms with van der Waals surface area (Å²) in [5.41, 5.74) is 0.0972. The zero-order valence-corrected chi connectivity index (χ0v) is 16.3. The lowest BCUT2D eigenvalue weighted by atomic mass is 10.2. The molecule has 29 heavy (non-hydrogen) atoms. The van der Waals surface area contributed by atoms with Crippen LogP contribution in [0.25, 0.3) is 0 Å². The summed E-state index contributed by atoms with van der Waals surface area (Å²) in [5.74, 6) is -0.570. The van der Waals surface area contributed by atoms with Gasteiger partial charge >= 0.3 is 6.18 Å². The summed E-state index contributed by atoms with van der Waals surface area (Å²) in [5, 5.41) is 3.02. The molecule has 5 nitrogen and oxygen atoms in total. The Bertz CT molecular complexity index is 903. The minimum Gasteiger partial charge on any atom is -0.325 e. The Morgan fingerprint density at radius 1 is 1.21 bits per heavy atom. The molecular formula is C20H19ClF3N3O2. The summed E-state index contributed by atoms with van der Waals surface area (Å²) >= 11 is 6.17. The van der Waals surface area contributed by atoms with Gasteiger partial charge in [-0.1, -0.05) is 23.7 Å². The van der Waals surface area contributed by atoms with Crippen LogP contribution in [0.5, 0.6) is 0 Å². The fraction of sp³-hybridized carbons (Fsp3) is 0.300. The van der Waals surface area contributed by atoms with E-state index < -0.39 is 23.7 Å². The number of anilines is 2. The van der Waals surface area contributed by atoms with Gasteiger partial charge < -0.3 is 10.2 Å². The van der Waals surface area contributed by atoms with Crippen LogP contribution in [0.4, 0.5) is 24.5 Å². The SMILES string of the molecule is CN(CC(=O)Nc1ccc(C(F)(F)F)cc1)C1CCN(c2ccccc2Cl)C1=O. The molecule has 0 radical (unpaired) electrons. The third-order valence-electron chi connectivity index (χ3n) is 4.74. The van der Waals surface area contributed by atoms with Crippen LogP contribution in [0.1, 0.15) is 12.0 Å². The Labute approximate surface area is 171 Å². The molecule has 1 saturated heterocycles. The number of carbonyl (C=O) groups excluding carboxylic acids is 2. The molecule has 0 spiro atoms. The van der Waals surface area contributed by atoms with Crippen molar-refractivity contribution in [3.8, 4) is 0 Å². The molecule has 0 bridgehead atoms. The third-order valence-corrected chi connectivity index (χ3v) is 5.06. The number of rotatable bonds is 5. The molecular weight excluding hydrogens is 407 g/mol. The number of benzene rings is 2. The molecule has 1 heterocycles. The van der Waals surface area contributed by atoms with Gasteiger partial charge in [0.2, 0.25) is 11.8 Å². The number of carbonyl (C=O) groups is 2. The highest BCUT2D eigenvalue weighted by molar-refractivity contribution is 6.33. The number of alkyl halides is 3. The van der Waals surface area contributed by atoms with E-state index in [1.54, 1.807) is 41.1 Å². The van der Waals surface area contributed by atoms with Gasteiger partial charge in [0.1, 0.15) is 0 Å². The average molecular weight is 426 g/mol. The number of para-hydroxylation sites is 1. The first-order valence-electron chi connectivity index (χ1n) is 8.90. The van der Waals surface area contributed by atoms with Gasteiger partial charge in [0.25, 0.3) is 0 Å². The van der Waals surface area contributed by atoms with Crippen molar-refractivity contribution in [2.45, 2.75) is 18.6 Å². The highest BCUT2D eigenvalue weighted by Crippen LogP contribution is 2.31. The van der Waals surface area contributed by atoms with E-state index in [4.69, 9.17) is 11.6 Å². The molecule has 0 saturated carbocycles. The van der Waals surface area contributed by atoms with E-state index in [-0.39, 0.29) is 18.1 Å². The van der Waals surface area contributed by atoms with Crippen LogP contribution < -0.4 is 10.2 Å². The monoisotopic (exact) mass is 425 g/mol. The molecule has 154 valence electrons. The van der Waals surface area contributed by atoms with Crippen LogP contribution in [0.15, 0.2) is 48.5 Å². The number of halogens is 4. The Morgan fingerprint density at radius 3 is 2.48 bits per heavy atom. The summed E-state index contributed by atoms with van der Waals surface area (Å²) in [4.78, 5) is 28.2. The maximum Gasteiger partial charge on any atom is 0.416 e. The summed E-state index contributed by atoms with van der Waals surface area (Å²) in [7, 11) is 1.66. The van der Waals surface area contributed by atoms with Gasteiger partial charge in [-0.15, -0.1) is 0 Å². The van der Waals surface area contributed by atoms with Crippen molar-refractivity contribution in [2.75, 3.05) is 30.4 Å². The number of nitrogens with zero attached hydrogens (tertiary/aromatic N) is 2. The molecule has 1 fully saturated rings. The molecule has 1 aliphatic heterocycles. The van der Waals surface area contributed by atoms with Crippen LogP contribution in [0.2, 0.25) is 5.02 Å². The number of hydrogen-bond donors (Lipinski definition) is 1. The predicted octanol–water partition coefficient (Wildman–Crippen LogP) is 4.03. The molecule has 1 N–H and O–H groups in total. The van der Waals surface area contributed by atoms with Crippen LogP contribution in [0, 0.1) is 0 Å². The zero-order chi connectivity index (χ0) is 21.2. The molecule has 3 rings (SSSR count). The van der Waals surface area contributed by atoms with Crippen molar-refractivity contribution in [1.82, 2.24) is 4.90 Å². The lowest BCUT2D eigenvalue weighted by Gasteiger charge is -2.23. The van der Waals surface area contributed by atoms with Crippen molar-refractivity contribution < 1.29 is 22.8 Å². The molecule has 1 atom stereocenters. The van der Waals surface area contributed by atoms with E-state index in [1.165, 1.54) is 12.1 Å². The summed E-state index contributed by atoms with van der Waals surface area (Å²) in [6.45, 7) is 0.409. The number of nitrogens with one attached hydrogen (secondary N) is 1. The second-order valence-corrected chi connectivity index (χ2v) is 7.19. The normalized spacial score (nSPS) is 17.1. The topological polar surface area (TPSA) is 52.7 Å². The molecule has 2 amide bonds. The number of amides is 2. The summed E-state index contributed by atoms with van der Waals surface area (Å²) in [6.07, 6.45) is -3.90. The van der Waals surface area contributed by atoms with Gasteiger partial charge in [-0.3, -0.25) is 14.5 Å². The van der Waals surface area contributed by atoms with Crippen LogP contribution in [-0.4, -0.2) is 42.9 Å². The van der Waals surface area contributed by atoms with Crippen LogP contribution in [-0.2, 0) is 15.8 Å². The number of hydrogen-bond acceptors (Lipinski definition) is 3. The summed E-state index contributed by atoms with van der Waals surface area (Å²) in [6, 6.07) is 10.8. The van der Waals surface area contributed by atoms with Crippen molar-refractivity contribution in [1.29, 1.82) is 0 Å². The Balaban J connectivity index is 1.59. The third kappa shape index (κ3) is 4.89. The smallest absolute Gasteiger partial charge is 0.325 e. The molecule has 1 aliphatic rings. The Hall–Kier alpha value is -2.58. The first-order valence-corrected chi connectivity index (χ1v) is 9.28. The minimum absolute atomic E-state index is 0.0756. The molecule has 0 aromatic heterocycles. The van der Waals surface area contributed by atoms with E-state index in [0.29, 0.717) is 23.7 Å². The van der Waals surface area contributed by atoms with Crippen molar-refractivity contribution in [2.24, 2.45) is 0 Å². The second-order valence-electron chi connectivity index (χ2n) is 6.78. The lowest BCUT2D eigenvalue weighted by Crippen LogP contribution is -2.43. The lowest BCUT2D eigenvalue weighted by molar-refractivity contribution is -0.137. The van der Waals surface area contributed by atoms with Gasteiger partial charge in [0, 0.05) is 12.2 Å². The Morgan fingerprint density at radius 2 is 1.86 bits per heavy atom. The molecule has 9 heteroatoms. The standard InChI is InChI=1S/C20H19ClF3N3O2/c1-26(12-18(28)25-14-8-6-13(7-9-14)20(22,23)24)17-10-11-27(19(17)29)16-5-3-2-4-15(16)21/h2-9,17H,10-12H2,1H3,(H,25,28). The highest BCUT2D eigenvalue weighted by Gasteiger charge is 2.36. The minimum atomic E-state index is -4.43.